The summed E-state index contributed by atoms with van der Waals surface area (Å²) in [6.45, 7) is 3.49. The Balaban J connectivity index is 2.26. The number of piperidine rings is 1. The molecule has 0 bridgehead atoms. The molecule has 2 heterocycles. The Kier molecular flexibility index (Phi) is 4.31. The lowest BCUT2D eigenvalue weighted by Crippen LogP contribution is -2.41. The molecule has 0 amide bonds. The first-order chi connectivity index (χ1) is 9.13. The number of anilines is 1. The summed E-state index contributed by atoms with van der Waals surface area (Å²) in [5.41, 5.74) is 6.57. The van der Waals surface area contributed by atoms with E-state index in [-0.39, 0.29) is 5.69 Å². The third kappa shape index (κ3) is 3.01. The van der Waals surface area contributed by atoms with Crippen LogP contribution in [-0.4, -0.2) is 29.0 Å². The van der Waals surface area contributed by atoms with Crippen molar-refractivity contribution in [1.82, 2.24) is 4.98 Å². The highest BCUT2D eigenvalue weighted by atomic mass is 16.6. The summed E-state index contributed by atoms with van der Waals surface area (Å²) in [5, 5.41) is 10.7. The van der Waals surface area contributed by atoms with Gasteiger partial charge in [-0.15, -0.1) is 0 Å². The normalized spacial score (nSPS) is 19.5. The van der Waals surface area contributed by atoms with Gasteiger partial charge in [0.1, 0.15) is 12.0 Å². The van der Waals surface area contributed by atoms with E-state index >= 15 is 0 Å². The Hall–Kier alpha value is -1.69. The summed E-state index contributed by atoms with van der Waals surface area (Å²) in [4.78, 5) is 16.9. The van der Waals surface area contributed by atoms with Crippen molar-refractivity contribution < 1.29 is 4.92 Å². The zero-order chi connectivity index (χ0) is 13.8. The largest absolute Gasteiger partial charge is 0.353 e. The molecule has 0 spiro atoms. The summed E-state index contributed by atoms with van der Waals surface area (Å²) >= 11 is 0. The summed E-state index contributed by atoms with van der Waals surface area (Å²) in [6, 6.07) is 2.00. The molecule has 2 N–H and O–H groups in total. The van der Waals surface area contributed by atoms with Crippen molar-refractivity contribution in [3.8, 4) is 0 Å². The van der Waals surface area contributed by atoms with Crippen LogP contribution in [0.5, 0.6) is 0 Å². The van der Waals surface area contributed by atoms with Crippen molar-refractivity contribution in [2.75, 3.05) is 18.0 Å². The first kappa shape index (κ1) is 13.7. The molecule has 1 aromatic rings. The Morgan fingerprint density at radius 2 is 2.37 bits per heavy atom. The molecule has 1 saturated heterocycles. The minimum atomic E-state index is -0.405. The van der Waals surface area contributed by atoms with Gasteiger partial charge in [-0.1, -0.05) is 0 Å². The second-order valence-electron chi connectivity index (χ2n) is 5.01. The summed E-state index contributed by atoms with van der Waals surface area (Å²) in [6.07, 6.45) is 5.76. The molecule has 1 aromatic heterocycles. The summed E-state index contributed by atoms with van der Waals surface area (Å²) in [7, 11) is 0. The molecule has 0 aliphatic carbocycles. The zero-order valence-electron chi connectivity index (χ0n) is 11.2. The highest BCUT2D eigenvalue weighted by Crippen LogP contribution is 2.28. The van der Waals surface area contributed by atoms with Crippen LogP contribution in [0.25, 0.3) is 0 Å². The summed E-state index contributed by atoms with van der Waals surface area (Å²) < 4.78 is 0. The molecule has 1 aliphatic heterocycles. The molecule has 1 atom stereocenters. The van der Waals surface area contributed by atoms with E-state index in [2.05, 4.69) is 9.88 Å². The molecule has 19 heavy (non-hydrogen) atoms. The minimum Gasteiger partial charge on any atom is -0.353 e. The fourth-order valence-corrected chi connectivity index (χ4v) is 2.73. The first-order valence-corrected chi connectivity index (χ1v) is 6.71. The molecule has 1 fully saturated rings. The van der Waals surface area contributed by atoms with Gasteiger partial charge in [-0.05, 0) is 44.7 Å². The standard InChI is InChI=1S/C13H20N4O2/c1-10-8-12(17(18)19)9-15-13(10)16-7-3-2-4-11(16)5-6-14/h8-9,11H,2-7,14H2,1H3. The number of pyridine rings is 1. The number of nitrogens with zero attached hydrogens (tertiary/aromatic N) is 3. The van der Waals surface area contributed by atoms with Gasteiger partial charge in [-0.3, -0.25) is 10.1 Å². The smallest absolute Gasteiger partial charge is 0.287 e. The van der Waals surface area contributed by atoms with Crippen LogP contribution in [0.3, 0.4) is 0 Å². The molecule has 1 aliphatic rings. The van der Waals surface area contributed by atoms with Crippen LogP contribution in [0, 0.1) is 17.0 Å². The van der Waals surface area contributed by atoms with E-state index in [1.807, 2.05) is 6.92 Å². The maximum Gasteiger partial charge on any atom is 0.287 e. The van der Waals surface area contributed by atoms with Crippen LogP contribution < -0.4 is 10.6 Å². The van der Waals surface area contributed by atoms with Crippen molar-refractivity contribution >= 4 is 11.5 Å². The van der Waals surface area contributed by atoms with Crippen molar-refractivity contribution in [3.63, 3.8) is 0 Å². The van der Waals surface area contributed by atoms with Gasteiger partial charge in [0.15, 0.2) is 0 Å². The number of hydrogen-bond donors (Lipinski definition) is 1. The molecule has 2 rings (SSSR count). The van der Waals surface area contributed by atoms with E-state index in [0.717, 1.165) is 37.2 Å². The Morgan fingerprint density at radius 3 is 3.00 bits per heavy atom. The van der Waals surface area contributed by atoms with Crippen molar-refractivity contribution in [3.05, 3.63) is 27.9 Å². The SMILES string of the molecule is Cc1cc([N+](=O)[O-])cnc1N1CCCCC1CCN. The molecule has 104 valence electrons. The number of nitrogens with two attached hydrogens (primary N) is 1. The van der Waals surface area contributed by atoms with Gasteiger partial charge in [0, 0.05) is 18.7 Å². The molecule has 0 radical (unpaired) electrons. The molecule has 6 heteroatoms. The highest BCUT2D eigenvalue weighted by molar-refractivity contribution is 5.51. The molecule has 1 unspecified atom stereocenters. The van der Waals surface area contributed by atoms with Crippen LogP contribution in [0.1, 0.15) is 31.2 Å². The van der Waals surface area contributed by atoms with E-state index in [4.69, 9.17) is 5.73 Å². The van der Waals surface area contributed by atoms with Gasteiger partial charge in [-0.2, -0.15) is 0 Å². The fourth-order valence-electron chi connectivity index (χ4n) is 2.73. The van der Waals surface area contributed by atoms with Crippen LogP contribution in [-0.2, 0) is 0 Å². The van der Waals surface area contributed by atoms with E-state index in [9.17, 15) is 10.1 Å². The molecule has 0 aromatic carbocycles. The fraction of sp³-hybridized carbons (Fsp3) is 0.615. The van der Waals surface area contributed by atoms with Gasteiger partial charge in [-0.25, -0.2) is 4.98 Å². The Morgan fingerprint density at radius 1 is 1.58 bits per heavy atom. The molecule has 0 saturated carbocycles. The third-order valence-corrected chi connectivity index (χ3v) is 3.65. The van der Waals surface area contributed by atoms with Gasteiger partial charge < -0.3 is 10.6 Å². The highest BCUT2D eigenvalue weighted by Gasteiger charge is 2.24. The lowest BCUT2D eigenvalue weighted by Gasteiger charge is -2.37. The zero-order valence-corrected chi connectivity index (χ0v) is 11.2. The number of rotatable bonds is 4. The lowest BCUT2D eigenvalue weighted by molar-refractivity contribution is -0.385. The van der Waals surface area contributed by atoms with E-state index < -0.39 is 4.92 Å². The topological polar surface area (TPSA) is 85.3 Å². The first-order valence-electron chi connectivity index (χ1n) is 6.71. The minimum absolute atomic E-state index is 0.0497. The Bertz CT molecular complexity index is 462. The maximum atomic E-state index is 10.7. The van der Waals surface area contributed by atoms with Crippen LogP contribution in [0.2, 0.25) is 0 Å². The predicted molar refractivity (Wildman–Crippen MR) is 74.3 cm³/mol. The van der Waals surface area contributed by atoms with E-state index in [1.165, 1.54) is 12.6 Å². The number of aromatic nitrogens is 1. The van der Waals surface area contributed by atoms with Gasteiger partial charge >= 0.3 is 0 Å². The maximum absolute atomic E-state index is 10.7. The van der Waals surface area contributed by atoms with E-state index in [0.29, 0.717) is 12.6 Å². The van der Waals surface area contributed by atoms with Crippen LogP contribution >= 0.6 is 0 Å². The Labute approximate surface area is 112 Å². The summed E-state index contributed by atoms with van der Waals surface area (Å²) in [5.74, 6) is 0.865. The second-order valence-corrected chi connectivity index (χ2v) is 5.01. The van der Waals surface area contributed by atoms with Crippen molar-refractivity contribution in [2.45, 2.75) is 38.6 Å². The third-order valence-electron chi connectivity index (χ3n) is 3.65. The van der Waals surface area contributed by atoms with E-state index in [1.54, 1.807) is 6.07 Å². The van der Waals surface area contributed by atoms with Crippen molar-refractivity contribution in [1.29, 1.82) is 0 Å². The monoisotopic (exact) mass is 264 g/mol. The molecular weight excluding hydrogens is 244 g/mol. The lowest BCUT2D eigenvalue weighted by atomic mass is 9.99. The number of hydrogen-bond acceptors (Lipinski definition) is 5. The van der Waals surface area contributed by atoms with Gasteiger partial charge in [0.25, 0.3) is 5.69 Å². The molecular formula is C13H20N4O2. The number of nitro groups is 1. The quantitative estimate of drug-likeness (QED) is 0.664. The average Bonchev–Trinajstić information content (AvgIpc) is 2.40. The van der Waals surface area contributed by atoms with Crippen LogP contribution in [0.15, 0.2) is 12.3 Å². The van der Waals surface area contributed by atoms with Crippen molar-refractivity contribution in [2.24, 2.45) is 5.73 Å². The van der Waals surface area contributed by atoms with Gasteiger partial charge in [0.2, 0.25) is 0 Å². The molecule has 6 nitrogen and oxygen atoms in total. The predicted octanol–water partition coefficient (Wildman–Crippen LogP) is 2.01. The van der Waals surface area contributed by atoms with Crippen LogP contribution in [0.4, 0.5) is 11.5 Å². The number of aryl methyl sites for hydroxylation is 1. The second kappa shape index (κ2) is 5.97. The van der Waals surface area contributed by atoms with Gasteiger partial charge in [0.05, 0.1) is 4.92 Å². The average molecular weight is 264 g/mol.